The first-order valence-electron chi connectivity index (χ1n) is 13.8. The van der Waals surface area contributed by atoms with Crippen LogP contribution in [0.2, 0.25) is 0 Å². The van der Waals surface area contributed by atoms with E-state index in [1.165, 1.54) is 16.9 Å². The van der Waals surface area contributed by atoms with E-state index >= 15 is 0 Å². The molecular weight excluding hydrogens is 551 g/mol. The van der Waals surface area contributed by atoms with Crippen molar-refractivity contribution >= 4 is 17.5 Å². The second-order valence-electron chi connectivity index (χ2n) is 10.9. The minimum Gasteiger partial charge on any atom is -0.351 e. The van der Waals surface area contributed by atoms with E-state index in [2.05, 4.69) is 25.9 Å². The van der Waals surface area contributed by atoms with Crippen LogP contribution in [0.25, 0.3) is 5.65 Å². The fourth-order valence-corrected chi connectivity index (χ4v) is 5.37. The van der Waals surface area contributed by atoms with Gasteiger partial charge in [-0.25, -0.2) is 18.3 Å². The number of halogens is 5. The van der Waals surface area contributed by atoms with Crippen molar-refractivity contribution in [2.75, 3.05) is 0 Å². The van der Waals surface area contributed by atoms with Gasteiger partial charge in [0.05, 0.1) is 42.8 Å². The SMILES string of the molecule is CCc1cnoc1C(=O)N[C@H](c1cn2ncc(C(NC(=O)CCC(F)(F)F)C3CC3)cc2n1)C1CCC(F)(F)CC1. The smallest absolute Gasteiger partial charge is 0.351 e. The normalized spacial score (nSPS) is 19.2. The van der Waals surface area contributed by atoms with Crippen LogP contribution in [0.4, 0.5) is 22.0 Å². The summed E-state index contributed by atoms with van der Waals surface area (Å²) in [5.41, 5.74) is 2.03. The van der Waals surface area contributed by atoms with Gasteiger partial charge in [0, 0.05) is 24.8 Å². The van der Waals surface area contributed by atoms with Crippen molar-refractivity contribution in [2.24, 2.45) is 11.8 Å². The third-order valence-electron chi connectivity index (χ3n) is 7.83. The Morgan fingerprint density at radius 2 is 1.80 bits per heavy atom. The topological polar surface area (TPSA) is 114 Å². The van der Waals surface area contributed by atoms with Crippen LogP contribution in [0.3, 0.4) is 0 Å². The number of nitrogens with one attached hydrogen (secondary N) is 2. The number of carbonyl (C=O) groups excluding carboxylic acids is 2. The van der Waals surface area contributed by atoms with Crippen LogP contribution in [-0.4, -0.2) is 43.7 Å². The summed E-state index contributed by atoms with van der Waals surface area (Å²) in [5, 5.41) is 13.7. The molecular formula is C27H31F5N6O3. The van der Waals surface area contributed by atoms with E-state index in [4.69, 9.17) is 4.52 Å². The van der Waals surface area contributed by atoms with E-state index in [0.717, 1.165) is 12.8 Å². The molecule has 1 unspecified atom stereocenters. The van der Waals surface area contributed by atoms with Crippen LogP contribution in [0.1, 0.15) is 97.7 Å². The Balaban J connectivity index is 1.40. The average Bonchev–Trinajstić information content (AvgIpc) is 3.48. The van der Waals surface area contributed by atoms with E-state index in [0.29, 0.717) is 28.9 Å². The van der Waals surface area contributed by atoms with Gasteiger partial charge in [-0.15, -0.1) is 0 Å². The van der Waals surface area contributed by atoms with Crippen molar-refractivity contribution in [2.45, 2.75) is 88.9 Å². The highest BCUT2D eigenvalue weighted by Gasteiger charge is 2.40. The Labute approximate surface area is 232 Å². The molecule has 0 aliphatic heterocycles. The van der Waals surface area contributed by atoms with Crippen molar-refractivity contribution in [1.29, 1.82) is 0 Å². The molecule has 0 spiro atoms. The Morgan fingerprint density at radius 1 is 1.10 bits per heavy atom. The number of hydrogen-bond donors (Lipinski definition) is 2. The summed E-state index contributed by atoms with van der Waals surface area (Å²) in [6, 6.07) is 0.478. The molecule has 3 heterocycles. The number of aryl methyl sites for hydroxylation is 1. The van der Waals surface area contributed by atoms with Crippen molar-refractivity contribution in [3.05, 3.63) is 47.2 Å². The first kappa shape index (κ1) is 28.9. The molecule has 2 aliphatic carbocycles. The number of alkyl halides is 5. The maximum atomic E-state index is 14.0. The fourth-order valence-electron chi connectivity index (χ4n) is 5.37. The van der Waals surface area contributed by atoms with Gasteiger partial charge in [0.2, 0.25) is 17.6 Å². The number of imidazole rings is 1. The van der Waals surface area contributed by atoms with Crippen molar-refractivity contribution in [3.63, 3.8) is 0 Å². The average molecular weight is 583 g/mol. The molecule has 5 rings (SSSR count). The third-order valence-corrected chi connectivity index (χ3v) is 7.83. The number of nitrogens with zero attached hydrogens (tertiary/aromatic N) is 4. The minimum absolute atomic E-state index is 0.0522. The van der Waals surface area contributed by atoms with Crippen LogP contribution >= 0.6 is 0 Å². The first-order chi connectivity index (χ1) is 19.4. The van der Waals surface area contributed by atoms with Crippen LogP contribution < -0.4 is 10.6 Å². The molecule has 3 aromatic heterocycles. The Morgan fingerprint density at radius 3 is 2.46 bits per heavy atom. The molecule has 41 heavy (non-hydrogen) atoms. The predicted octanol–water partition coefficient (Wildman–Crippen LogP) is 5.49. The molecule has 3 aromatic rings. The Kier molecular flexibility index (Phi) is 8.02. The van der Waals surface area contributed by atoms with Crippen molar-refractivity contribution in [1.82, 2.24) is 30.4 Å². The maximum absolute atomic E-state index is 14.0. The summed E-state index contributed by atoms with van der Waals surface area (Å²) in [5.74, 6) is -4.17. The zero-order chi connectivity index (χ0) is 29.4. The van der Waals surface area contributed by atoms with Crippen LogP contribution in [0, 0.1) is 11.8 Å². The zero-order valence-corrected chi connectivity index (χ0v) is 22.4. The van der Waals surface area contributed by atoms with Crippen molar-refractivity contribution < 1.29 is 36.1 Å². The van der Waals surface area contributed by atoms with Crippen molar-refractivity contribution in [3.8, 4) is 0 Å². The lowest BCUT2D eigenvalue weighted by Gasteiger charge is -2.33. The fraction of sp³-hybridized carbons (Fsp3) is 0.593. The molecule has 2 amide bonds. The Hall–Kier alpha value is -3.58. The minimum atomic E-state index is -4.43. The standard InChI is InChI=1S/C27H31F5N6O3/c1-2-15-13-34-41-24(15)25(40)37-23(17-5-8-26(28,29)9-6-17)19-14-38-20(35-19)11-18(12-33-38)22(16-3-4-16)36-21(39)7-10-27(30,31)32/h11-14,16-17,22-23H,2-10H2,1H3,(H,36,39)(H,37,40)/t22?,23-/m0/s1. The van der Waals surface area contributed by atoms with Crippen LogP contribution in [-0.2, 0) is 11.2 Å². The molecule has 0 bridgehead atoms. The molecule has 2 saturated carbocycles. The van der Waals surface area contributed by atoms with Crippen LogP contribution in [0.15, 0.2) is 29.2 Å². The van der Waals surface area contributed by atoms with Gasteiger partial charge in [0.15, 0.2) is 5.65 Å². The first-order valence-corrected chi connectivity index (χ1v) is 13.8. The summed E-state index contributed by atoms with van der Waals surface area (Å²) in [6.45, 7) is 1.85. The largest absolute Gasteiger partial charge is 0.389 e. The zero-order valence-electron chi connectivity index (χ0n) is 22.4. The molecule has 222 valence electrons. The third kappa shape index (κ3) is 7.02. The predicted molar refractivity (Wildman–Crippen MR) is 135 cm³/mol. The highest BCUT2D eigenvalue weighted by atomic mass is 19.4. The van der Waals surface area contributed by atoms with E-state index in [1.807, 2.05) is 6.92 Å². The molecule has 0 radical (unpaired) electrons. The lowest BCUT2D eigenvalue weighted by atomic mass is 9.81. The number of amides is 2. The summed E-state index contributed by atoms with van der Waals surface area (Å²) >= 11 is 0. The van der Waals surface area contributed by atoms with Gasteiger partial charge in [-0.1, -0.05) is 12.1 Å². The lowest BCUT2D eigenvalue weighted by molar-refractivity contribution is -0.144. The van der Waals surface area contributed by atoms with Gasteiger partial charge >= 0.3 is 6.18 Å². The number of fused-ring (bicyclic) bond motifs is 1. The van der Waals surface area contributed by atoms with E-state index in [1.54, 1.807) is 12.3 Å². The molecule has 2 N–H and O–H groups in total. The summed E-state index contributed by atoms with van der Waals surface area (Å²) in [4.78, 5) is 30.1. The second kappa shape index (κ2) is 11.4. The molecule has 2 aliphatic rings. The molecule has 0 aromatic carbocycles. The van der Waals surface area contributed by atoms with Gasteiger partial charge in [0.1, 0.15) is 0 Å². The second-order valence-corrected chi connectivity index (χ2v) is 10.9. The number of rotatable bonds is 10. The molecule has 2 fully saturated rings. The van der Waals surface area contributed by atoms with Gasteiger partial charge in [-0.2, -0.15) is 18.3 Å². The molecule has 0 saturated heterocycles. The highest BCUT2D eigenvalue weighted by molar-refractivity contribution is 5.93. The van der Waals surface area contributed by atoms with Gasteiger partial charge < -0.3 is 15.2 Å². The molecule has 14 heteroatoms. The number of carbonyl (C=O) groups is 2. The van der Waals surface area contributed by atoms with Gasteiger partial charge in [-0.3, -0.25) is 9.59 Å². The monoisotopic (exact) mass is 582 g/mol. The van der Waals surface area contributed by atoms with Gasteiger partial charge in [-0.05, 0) is 55.6 Å². The van der Waals surface area contributed by atoms with E-state index in [9.17, 15) is 31.5 Å². The lowest BCUT2D eigenvalue weighted by Crippen LogP contribution is -2.37. The number of aromatic nitrogens is 4. The Bertz CT molecular complexity index is 1390. The van der Waals surface area contributed by atoms with E-state index < -0.39 is 48.8 Å². The highest BCUT2D eigenvalue weighted by Crippen LogP contribution is 2.43. The molecule has 9 nitrogen and oxygen atoms in total. The maximum Gasteiger partial charge on any atom is 0.389 e. The quantitative estimate of drug-likeness (QED) is 0.306. The van der Waals surface area contributed by atoms with E-state index in [-0.39, 0.29) is 43.3 Å². The summed E-state index contributed by atoms with van der Waals surface area (Å²) in [6.07, 6.45) is 0.201. The number of hydrogen-bond acceptors (Lipinski definition) is 6. The van der Waals surface area contributed by atoms with Gasteiger partial charge in [0.25, 0.3) is 5.91 Å². The summed E-state index contributed by atoms with van der Waals surface area (Å²) < 4.78 is 72.3. The molecule has 2 atom stereocenters. The summed E-state index contributed by atoms with van der Waals surface area (Å²) in [7, 11) is 0. The van der Waals surface area contributed by atoms with Crippen LogP contribution in [0.5, 0.6) is 0 Å².